The lowest BCUT2D eigenvalue weighted by molar-refractivity contribution is 0.0952. The number of benzene rings is 3. The Kier molecular flexibility index (Phi) is 7.84. The van der Waals surface area contributed by atoms with Crippen molar-refractivity contribution in [3.8, 4) is 0 Å². The highest BCUT2D eigenvalue weighted by molar-refractivity contribution is 5.95. The molecule has 4 heteroatoms. The highest BCUT2D eigenvalue weighted by atomic mass is 16.1. The molecule has 0 heterocycles. The van der Waals surface area contributed by atoms with Gasteiger partial charge in [-0.2, -0.15) is 0 Å². The number of aryl methyl sites for hydroxylation is 1. The summed E-state index contributed by atoms with van der Waals surface area (Å²) in [7, 11) is 0. The molecule has 0 aliphatic carbocycles. The van der Waals surface area contributed by atoms with E-state index in [1.165, 1.54) is 11.1 Å². The Labute approximate surface area is 173 Å². The maximum Gasteiger partial charge on any atom is 0.251 e. The van der Waals surface area contributed by atoms with E-state index in [1.807, 2.05) is 54.6 Å². The van der Waals surface area contributed by atoms with Crippen molar-refractivity contribution in [3.05, 3.63) is 101 Å². The third-order valence-corrected chi connectivity index (χ3v) is 4.91. The van der Waals surface area contributed by atoms with Gasteiger partial charge < -0.3 is 16.4 Å². The van der Waals surface area contributed by atoms with Crippen LogP contribution in [0.3, 0.4) is 0 Å². The molecule has 0 radical (unpaired) electrons. The van der Waals surface area contributed by atoms with E-state index in [9.17, 15) is 4.79 Å². The van der Waals surface area contributed by atoms with Crippen molar-refractivity contribution >= 4 is 11.6 Å². The second-order valence-corrected chi connectivity index (χ2v) is 7.20. The standard InChI is InChI=1S/C25H29N3O/c26-23-15-13-21(14-16-23)18-27-19-22-11-4-5-12-24(22)25(29)28-17-7-6-10-20-8-2-1-3-9-20/h1-5,8-9,11-16,27H,6-7,10,17-19,26H2,(H,28,29). The molecule has 29 heavy (non-hydrogen) atoms. The first kappa shape index (κ1) is 20.6. The zero-order chi connectivity index (χ0) is 20.3. The van der Waals surface area contributed by atoms with Crippen LogP contribution < -0.4 is 16.4 Å². The number of nitrogen functional groups attached to an aromatic ring is 1. The Morgan fingerprint density at radius 3 is 2.28 bits per heavy atom. The normalized spacial score (nSPS) is 10.6. The van der Waals surface area contributed by atoms with Gasteiger partial charge in [0.25, 0.3) is 5.91 Å². The van der Waals surface area contributed by atoms with Crippen molar-refractivity contribution in [1.82, 2.24) is 10.6 Å². The molecule has 0 atom stereocenters. The van der Waals surface area contributed by atoms with Crippen LogP contribution in [-0.2, 0) is 19.5 Å². The number of amides is 1. The fourth-order valence-electron chi connectivity index (χ4n) is 3.27. The second-order valence-electron chi connectivity index (χ2n) is 7.20. The summed E-state index contributed by atoms with van der Waals surface area (Å²) < 4.78 is 0. The van der Waals surface area contributed by atoms with Gasteiger partial charge in [-0.1, -0.05) is 60.7 Å². The van der Waals surface area contributed by atoms with E-state index in [-0.39, 0.29) is 5.91 Å². The number of hydrogen-bond donors (Lipinski definition) is 3. The van der Waals surface area contributed by atoms with Crippen molar-refractivity contribution in [3.63, 3.8) is 0 Å². The van der Waals surface area contributed by atoms with Gasteiger partial charge in [-0.15, -0.1) is 0 Å². The predicted molar refractivity (Wildman–Crippen MR) is 120 cm³/mol. The largest absolute Gasteiger partial charge is 0.399 e. The van der Waals surface area contributed by atoms with E-state index < -0.39 is 0 Å². The molecule has 0 fully saturated rings. The van der Waals surface area contributed by atoms with Crippen LogP contribution in [0.5, 0.6) is 0 Å². The monoisotopic (exact) mass is 387 g/mol. The number of rotatable bonds is 10. The van der Waals surface area contributed by atoms with Gasteiger partial charge in [0.05, 0.1) is 0 Å². The minimum absolute atomic E-state index is 0.00500. The Bertz CT molecular complexity index is 891. The maximum absolute atomic E-state index is 12.6. The maximum atomic E-state index is 12.6. The molecule has 3 aromatic rings. The number of anilines is 1. The Balaban J connectivity index is 1.43. The summed E-state index contributed by atoms with van der Waals surface area (Å²) in [6.45, 7) is 2.07. The lowest BCUT2D eigenvalue weighted by Crippen LogP contribution is -2.26. The molecule has 0 aliphatic rings. The number of carbonyl (C=O) groups excluding carboxylic acids is 1. The van der Waals surface area contributed by atoms with E-state index in [0.29, 0.717) is 13.1 Å². The summed E-state index contributed by atoms with van der Waals surface area (Å²) in [5.74, 6) is -0.00500. The van der Waals surface area contributed by atoms with Crippen LogP contribution >= 0.6 is 0 Å². The summed E-state index contributed by atoms with van der Waals surface area (Å²) in [6.07, 6.45) is 3.08. The number of nitrogens with two attached hydrogens (primary N) is 1. The first-order chi connectivity index (χ1) is 14.2. The van der Waals surface area contributed by atoms with Gasteiger partial charge in [-0.25, -0.2) is 0 Å². The van der Waals surface area contributed by atoms with Gasteiger partial charge in [0.2, 0.25) is 0 Å². The summed E-state index contributed by atoms with van der Waals surface area (Å²) in [6, 6.07) is 26.0. The van der Waals surface area contributed by atoms with Gasteiger partial charge >= 0.3 is 0 Å². The second kappa shape index (κ2) is 11.0. The molecule has 0 saturated carbocycles. The third-order valence-electron chi connectivity index (χ3n) is 4.91. The van der Waals surface area contributed by atoms with Crippen LogP contribution in [0.25, 0.3) is 0 Å². The average Bonchev–Trinajstić information content (AvgIpc) is 2.76. The van der Waals surface area contributed by atoms with E-state index in [0.717, 1.165) is 42.6 Å². The minimum atomic E-state index is -0.00500. The fourth-order valence-corrected chi connectivity index (χ4v) is 3.27. The van der Waals surface area contributed by atoms with Crippen LogP contribution in [-0.4, -0.2) is 12.5 Å². The van der Waals surface area contributed by atoms with E-state index in [4.69, 9.17) is 5.73 Å². The van der Waals surface area contributed by atoms with Gasteiger partial charge in [-0.05, 0) is 54.2 Å². The molecular formula is C25H29N3O. The Morgan fingerprint density at radius 2 is 1.48 bits per heavy atom. The summed E-state index contributed by atoms with van der Waals surface area (Å²) in [5, 5.41) is 6.47. The molecule has 0 aromatic heterocycles. The summed E-state index contributed by atoms with van der Waals surface area (Å²) in [5.41, 5.74) is 10.7. The van der Waals surface area contributed by atoms with E-state index >= 15 is 0 Å². The third kappa shape index (κ3) is 6.77. The number of carbonyl (C=O) groups is 1. The topological polar surface area (TPSA) is 67.1 Å². The summed E-state index contributed by atoms with van der Waals surface area (Å²) in [4.78, 5) is 12.6. The predicted octanol–water partition coefficient (Wildman–Crippen LogP) is 4.31. The highest BCUT2D eigenvalue weighted by Gasteiger charge is 2.10. The first-order valence-electron chi connectivity index (χ1n) is 10.2. The first-order valence-corrected chi connectivity index (χ1v) is 10.2. The van der Waals surface area contributed by atoms with Crippen LogP contribution in [0.4, 0.5) is 5.69 Å². The molecule has 0 bridgehead atoms. The summed E-state index contributed by atoms with van der Waals surface area (Å²) >= 11 is 0. The van der Waals surface area contributed by atoms with Crippen LogP contribution in [0, 0.1) is 0 Å². The number of unbranched alkanes of at least 4 members (excludes halogenated alkanes) is 1. The van der Waals surface area contributed by atoms with E-state index in [1.54, 1.807) is 0 Å². The van der Waals surface area contributed by atoms with Crippen LogP contribution in [0.1, 0.15) is 39.9 Å². The van der Waals surface area contributed by atoms with Gasteiger partial charge in [0, 0.05) is 30.9 Å². The van der Waals surface area contributed by atoms with E-state index in [2.05, 4.69) is 34.9 Å². The minimum Gasteiger partial charge on any atom is -0.399 e. The van der Waals surface area contributed by atoms with Crippen molar-refractivity contribution in [2.75, 3.05) is 12.3 Å². The SMILES string of the molecule is Nc1ccc(CNCc2ccccc2C(=O)NCCCCc2ccccc2)cc1. The molecule has 1 amide bonds. The van der Waals surface area contributed by atoms with Crippen molar-refractivity contribution < 1.29 is 4.79 Å². The zero-order valence-corrected chi connectivity index (χ0v) is 16.7. The zero-order valence-electron chi connectivity index (χ0n) is 16.7. The number of hydrogen-bond acceptors (Lipinski definition) is 3. The fraction of sp³-hybridized carbons (Fsp3) is 0.240. The van der Waals surface area contributed by atoms with Crippen molar-refractivity contribution in [1.29, 1.82) is 0 Å². The highest BCUT2D eigenvalue weighted by Crippen LogP contribution is 2.10. The average molecular weight is 388 g/mol. The molecule has 0 spiro atoms. The molecule has 0 unspecified atom stereocenters. The molecule has 3 rings (SSSR count). The Hall–Kier alpha value is -3.11. The molecule has 4 nitrogen and oxygen atoms in total. The number of nitrogens with one attached hydrogen (secondary N) is 2. The molecule has 3 aromatic carbocycles. The van der Waals surface area contributed by atoms with Gasteiger partial charge in [0.1, 0.15) is 0 Å². The van der Waals surface area contributed by atoms with Crippen molar-refractivity contribution in [2.24, 2.45) is 0 Å². The van der Waals surface area contributed by atoms with Crippen molar-refractivity contribution in [2.45, 2.75) is 32.4 Å². The van der Waals surface area contributed by atoms with Crippen LogP contribution in [0.2, 0.25) is 0 Å². The van der Waals surface area contributed by atoms with Gasteiger partial charge in [0.15, 0.2) is 0 Å². The molecular weight excluding hydrogens is 358 g/mol. The lowest BCUT2D eigenvalue weighted by Gasteiger charge is -2.11. The van der Waals surface area contributed by atoms with Gasteiger partial charge in [-0.3, -0.25) is 4.79 Å². The molecule has 150 valence electrons. The smallest absolute Gasteiger partial charge is 0.251 e. The Morgan fingerprint density at radius 1 is 0.759 bits per heavy atom. The molecule has 0 aliphatic heterocycles. The molecule has 4 N–H and O–H groups in total. The quantitative estimate of drug-likeness (QED) is 0.359. The molecule has 0 saturated heterocycles. The van der Waals surface area contributed by atoms with Crippen LogP contribution in [0.15, 0.2) is 78.9 Å². The lowest BCUT2D eigenvalue weighted by atomic mass is 10.1.